The van der Waals surface area contributed by atoms with Crippen LogP contribution in [0.1, 0.15) is 6.92 Å². The van der Waals surface area contributed by atoms with Gasteiger partial charge in [-0.3, -0.25) is 10.4 Å². The van der Waals surface area contributed by atoms with Gasteiger partial charge in [-0.25, -0.2) is 0 Å². The van der Waals surface area contributed by atoms with Gasteiger partial charge in [-0.1, -0.05) is 0 Å². The first-order chi connectivity index (χ1) is 4.52. The second-order valence-electron chi connectivity index (χ2n) is 3.19. The normalized spacial score (nSPS) is 14.7. The fraction of sp³-hybridized carbons (Fsp3) is 1.00. The zero-order valence-corrected chi connectivity index (χ0v) is 7.68. The molecule has 1 N–H and O–H groups in total. The van der Waals surface area contributed by atoms with Gasteiger partial charge in [0.05, 0.1) is 0 Å². The van der Waals surface area contributed by atoms with Gasteiger partial charge in [-0.2, -0.15) is 0 Å². The Labute approximate surface area is 64.0 Å². The number of likely N-dealkylation sites (N-methyl/N-ethyl adjacent to an activating group) is 1. The average Bonchev–Trinajstić information content (AvgIpc) is 1.58. The van der Waals surface area contributed by atoms with Gasteiger partial charge in [0.2, 0.25) is 0 Å². The van der Waals surface area contributed by atoms with Gasteiger partial charge in [0.25, 0.3) is 0 Å². The molecule has 0 amide bonds. The van der Waals surface area contributed by atoms with Crippen LogP contribution in [0.5, 0.6) is 0 Å². The van der Waals surface area contributed by atoms with E-state index in [9.17, 15) is 0 Å². The number of rotatable bonds is 4. The Morgan fingerprint density at radius 2 is 1.70 bits per heavy atom. The molecule has 0 saturated carbocycles. The summed E-state index contributed by atoms with van der Waals surface area (Å²) in [4.78, 5) is 2.17. The summed E-state index contributed by atoms with van der Waals surface area (Å²) in [6.45, 7) is 3.23. The van der Waals surface area contributed by atoms with E-state index in [-0.39, 0.29) is 0 Å². The summed E-state index contributed by atoms with van der Waals surface area (Å²) < 4.78 is 0. The summed E-state index contributed by atoms with van der Waals surface area (Å²) in [7, 11) is 8.17. The number of nitrogens with one attached hydrogen (secondary N) is 1. The minimum absolute atomic E-state index is 0.519. The molecule has 0 saturated heterocycles. The molecule has 0 heterocycles. The Morgan fingerprint density at radius 3 is 2.00 bits per heavy atom. The third kappa shape index (κ3) is 6.01. The SMILES string of the molecule is CC(CN(C)C)NN(C)C. The quantitative estimate of drug-likeness (QED) is 0.562. The first-order valence-corrected chi connectivity index (χ1v) is 3.60. The molecule has 3 heteroatoms. The Morgan fingerprint density at radius 1 is 1.20 bits per heavy atom. The molecule has 0 aromatic carbocycles. The highest BCUT2D eigenvalue weighted by atomic mass is 15.5. The van der Waals surface area contributed by atoms with E-state index in [1.54, 1.807) is 0 Å². The monoisotopic (exact) mass is 145 g/mol. The molecule has 62 valence electrons. The van der Waals surface area contributed by atoms with Gasteiger partial charge in [0.1, 0.15) is 0 Å². The maximum Gasteiger partial charge on any atom is 0.0313 e. The molecule has 0 bridgehead atoms. The summed E-state index contributed by atoms with van der Waals surface area (Å²) >= 11 is 0. The van der Waals surface area contributed by atoms with Crippen LogP contribution in [-0.4, -0.2) is 50.7 Å². The van der Waals surface area contributed by atoms with Crippen molar-refractivity contribution in [1.29, 1.82) is 0 Å². The van der Waals surface area contributed by atoms with Crippen LogP contribution >= 0.6 is 0 Å². The van der Waals surface area contributed by atoms with Crippen molar-refractivity contribution in [2.75, 3.05) is 34.7 Å². The van der Waals surface area contributed by atoms with E-state index < -0.39 is 0 Å². The molecular formula is C7H19N3. The highest BCUT2D eigenvalue weighted by Crippen LogP contribution is 1.84. The van der Waals surface area contributed by atoms with Crippen molar-refractivity contribution in [2.45, 2.75) is 13.0 Å². The van der Waals surface area contributed by atoms with Crippen molar-refractivity contribution in [1.82, 2.24) is 15.3 Å². The van der Waals surface area contributed by atoms with Gasteiger partial charge in [0.15, 0.2) is 0 Å². The van der Waals surface area contributed by atoms with Gasteiger partial charge in [-0.05, 0) is 21.0 Å². The average molecular weight is 145 g/mol. The molecule has 0 fully saturated rings. The second-order valence-corrected chi connectivity index (χ2v) is 3.19. The van der Waals surface area contributed by atoms with Crippen molar-refractivity contribution in [3.8, 4) is 0 Å². The maximum absolute atomic E-state index is 3.27. The molecule has 0 spiro atoms. The Hall–Kier alpha value is -0.120. The van der Waals surface area contributed by atoms with Crippen LogP contribution in [0.3, 0.4) is 0 Å². The third-order valence-corrected chi connectivity index (χ3v) is 1.12. The fourth-order valence-electron chi connectivity index (χ4n) is 1.03. The van der Waals surface area contributed by atoms with Gasteiger partial charge < -0.3 is 4.90 Å². The van der Waals surface area contributed by atoms with Crippen LogP contribution in [-0.2, 0) is 0 Å². The molecule has 1 unspecified atom stereocenters. The van der Waals surface area contributed by atoms with Crippen molar-refractivity contribution < 1.29 is 0 Å². The van der Waals surface area contributed by atoms with Gasteiger partial charge >= 0.3 is 0 Å². The Bertz CT molecular complexity index is 70.9. The van der Waals surface area contributed by atoms with Crippen LogP contribution < -0.4 is 5.43 Å². The van der Waals surface area contributed by atoms with Crippen molar-refractivity contribution in [2.24, 2.45) is 0 Å². The number of hydrogen-bond acceptors (Lipinski definition) is 3. The van der Waals surface area contributed by atoms with Gasteiger partial charge in [0, 0.05) is 26.7 Å². The molecule has 0 aromatic rings. The summed E-state index contributed by atoms with van der Waals surface area (Å²) in [5, 5.41) is 1.98. The molecular weight excluding hydrogens is 126 g/mol. The van der Waals surface area contributed by atoms with Crippen LogP contribution in [0.25, 0.3) is 0 Å². The minimum Gasteiger partial charge on any atom is -0.308 e. The molecule has 0 rings (SSSR count). The van der Waals surface area contributed by atoms with Gasteiger partial charge in [-0.15, -0.1) is 0 Å². The van der Waals surface area contributed by atoms with E-state index in [1.165, 1.54) is 0 Å². The van der Waals surface area contributed by atoms with E-state index in [0.717, 1.165) is 6.54 Å². The predicted molar refractivity (Wildman–Crippen MR) is 44.8 cm³/mol. The lowest BCUT2D eigenvalue weighted by atomic mass is 10.3. The van der Waals surface area contributed by atoms with Crippen molar-refractivity contribution in [3.05, 3.63) is 0 Å². The molecule has 0 aliphatic heterocycles. The number of hydrogen-bond donors (Lipinski definition) is 1. The zero-order valence-electron chi connectivity index (χ0n) is 7.68. The van der Waals surface area contributed by atoms with Crippen LogP contribution in [0.2, 0.25) is 0 Å². The second kappa shape index (κ2) is 4.66. The van der Waals surface area contributed by atoms with Crippen molar-refractivity contribution in [3.63, 3.8) is 0 Å². The van der Waals surface area contributed by atoms with E-state index in [1.807, 2.05) is 19.1 Å². The molecule has 10 heavy (non-hydrogen) atoms. The summed E-state index contributed by atoms with van der Waals surface area (Å²) in [6.07, 6.45) is 0. The lowest BCUT2D eigenvalue weighted by Gasteiger charge is -2.22. The highest BCUT2D eigenvalue weighted by molar-refractivity contribution is 4.59. The predicted octanol–water partition coefficient (Wildman–Crippen LogP) is 0.00270. The van der Waals surface area contributed by atoms with Crippen LogP contribution in [0.4, 0.5) is 0 Å². The minimum atomic E-state index is 0.519. The topological polar surface area (TPSA) is 18.5 Å². The number of hydrazine groups is 1. The molecule has 0 aromatic heterocycles. The number of nitrogens with zero attached hydrogens (tertiary/aromatic N) is 2. The highest BCUT2D eigenvalue weighted by Gasteiger charge is 2.01. The van der Waals surface area contributed by atoms with E-state index >= 15 is 0 Å². The largest absolute Gasteiger partial charge is 0.308 e. The standard InChI is InChI=1S/C7H19N3/c1-7(6-9(2)3)8-10(4)5/h7-8H,6H2,1-5H3. The summed E-state index contributed by atoms with van der Waals surface area (Å²) in [5.74, 6) is 0. The third-order valence-electron chi connectivity index (χ3n) is 1.12. The molecule has 1 atom stereocenters. The van der Waals surface area contributed by atoms with E-state index in [2.05, 4.69) is 31.3 Å². The smallest absolute Gasteiger partial charge is 0.0313 e. The molecule has 0 radical (unpaired) electrons. The molecule has 0 aliphatic carbocycles. The van der Waals surface area contributed by atoms with E-state index in [4.69, 9.17) is 0 Å². The maximum atomic E-state index is 3.27. The zero-order chi connectivity index (χ0) is 8.15. The van der Waals surface area contributed by atoms with Crippen molar-refractivity contribution >= 4 is 0 Å². The summed E-state index contributed by atoms with van der Waals surface area (Å²) in [5.41, 5.74) is 3.27. The first-order valence-electron chi connectivity index (χ1n) is 3.60. The Balaban J connectivity index is 3.34. The van der Waals surface area contributed by atoms with Crippen LogP contribution in [0.15, 0.2) is 0 Å². The lowest BCUT2D eigenvalue weighted by Crippen LogP contribution is -2.43. The molecule has 3 nitrogen and oxygen atoms in total. The Kier molecular flexibility index (Phi) is 4.60. The molecule has 0 aliphatic rings. The lowest BCUT2D eigenvalue weighted by molar-refractivity contribution is 0.219. The van der Waals surface area contributed by atoms with Crippen LogP contribution in [0, 0.1) is 0 Å². The fourth-order valence-corrected chi connectivity index (χ4v) is 1.03. The summed E-state index contributed by atoms with van der Waals surface area (Å²) in [6, 6.07) is 0.519. The first kappa shape index (κ1) is 9.88. The van der Waals surface area contributed by atoms with E-state index in [0.29, 0.717) is 6.04 Å².